The van der Waals surface area contributed by atoms with Gasteiger partial charge < -0.3 is 15.6 Å². The molecule has 0 saturated carbocycles. The van der Waals surface area contributed by atoms with Crippen molar-refractivity contribution in [3.05, 3.63) is 36.0 Å². The highest BCUT2D eigenvalue weighted by Crippen LogP contribution is 2.14. The van der Waals surface area contributed by atoms with Gasteiger partial charge in [0.15, 0.2) is 0 Å². The van der Waals surface area contributed by atoms with E-state index in [0.717, 1.165) is 43.6 Å². The van der Waals surface area contributed by atoms with Crippen LogP contribution in [0.3, 0.4) is 0 Å². The van der Waals surface area contributed by atoms with E-state index in [0.29, 0.717) is 12.2 Å². The molecule has 0 spiro atoms. The maximum atomic E-state index is 12.1. The number of hydrogen-bond donors (Lipinski definition) is 3. The number of aromatic nitrogens is 1. The molecular formula is C15H20N4O. The molecule has 3 rings (SSSR count). The smallest absolute Gasteiger partial charge is 0.267 e. The van der Waals surface area contributed by atoms with Crippen molar-refractivity contribution in [3.8, 4) is 0 Å². The second kappa shape index (κ2) is 6.07. The molecule has 1 aromatic heterocycles. The third-order valence-corrected chi connectivity index (χ3v) is 3.70. The zero-order valence-electron chi connectivity index (χ0n) is 11.5. The molecule has 1 aliphatic rings. The van der Waals surface area contributed by atoms with Crippen molar-refractivity contribution in [1.82, 2.24) is 20.5 Å². The van der Waals surface area contributed by atoms with Gasteiger partial charge in [-0.3, -0.25) is 9.69 Å². The molecule has 106 valence electrons. The van der Waals surface area contributed by atoms with Crippen molar-refractivity contribution in [1.29, 1.82) is 0 Å². The van der Waals surface area contributed by atoms with Gasteiger partial charge in [-0.25, -0.2) is 0 Å². The minimum atomic E-state index is -0.0312. The van der Waals surface area contributed by atoms with Gasteiger partial charge in [0.1, 0.15) is 5.69 Å². The van der Waals surface area contributed by atoms with Gasteiger partial charge in [-0.05, 0) is 12.1 Å². The van der Waals surface area contributed by atoms with Crippen molar-refractivity contribution >= 4 is 16.8 Å². The quantitative estimate of drug-likeness (QED) is 0.771. The molecule has 5 nitrogen and oxygen atoms in total. The topological polar surface area (TPSA) is 60.2 Å². The van der Waals surface area contributed by atoms with E-state index in [1.54, 1.807) is 0 Å². The second-order valence-electron chi connectivity index (χ2n) is 5.12. The third kappa shape index (κ3) is 3.00. The Hall–Kier alpha value is -1.85. The Morgan fingerprint density at radius 3 is 2.85 bits per heavy atom. The minimum absolute atomic E-state index is 0.0312. The molecule has 20 heavy (non-hydrogen) atoms. The summed E-state index contributed by atoms with van der Waals surface area (Å²) >= 11 is 0. The average molecular weight is 272 g/mol. The Labute approximate surface area is 118 Å². The Bertz CT molecular complexity index is 553. The van der Waals surface area contributed by atoms with E-state index in [9.17, 15) is 4.79 Å². The number of fused-ring (bicyclic) bond motifs is 1. The second-order valence-corrected chi connectivity index (χ2v) is 5.12. The lowest BCUT2D eigenvalue weighted by Crippen LogP contribution is -2.46. The highest BCUT2D eigenvalue weighted by atomic mass is 16.1. The van der Waals surface area contributed by atoms with Crippen LogP contribution in [0.25, 0.3) is 10.9 Å². The summed E-state index contributed by atoms with van der Waals surface area (Å²) in [7, 11) is 0. The number of rotatable bonds is 4. The molecule has 0 atom stereocenters. The Balaban J connectivity index is 1.53. The lowest BCUT2D eigenvalue weighted by Gasteiger charge is -2.27. The highest BCUT2D eigenvalue weighted by Gasteiger charge is 2.11. The number of nitrogens with zero attached hydrogens (tertiary/aromatic N) is 1. The van der Waals surface area contributed by atoms with Crippen molar-refractivity contribution in [2.45, 2.75) is 0 Å². The fourth-order valence-electron chi connectivity index (χ4n) is 2.55. The van der Waals surface area contributed by atoms with Gasteiger partial charge in [0.25, 0.3) is 5.91 Å². The number of aromatic amines is 1. The number of para-hydroxylation sites is 1. The molecule has 0 radical (unpaired) electrons. The Kier molecular flexibility index (Phi) is 3.99. The third-order valence-electron chi connectivity index (χ3n) is 3.70. The van der Waals surface area contributed by atoms with Crippen LogP contribution >= 0.6 is 0 Å². The van der Waals surface area contributed by atoms with Crippen LogP contribution in [-0.4, -0.2) is 55.1 Å². The summed E-state index contributed by atoms with van der Waals surface area (Å²) in [5.74, 6) is -0.0312. The number of amides is 1. The molecule has 0 bridgehead atoms. The molecule has 1 saturated heterocycles. The van der Waals surface area contributed by atoms with Crippen molar-refractivity contribution in [2.24, 2.45) is 0 Å². The van der Waals surface area contributed by atoms with E-state index in [-0.39, 0.29) is 5.91 Å². The molecule has 1 fully saturated rings. The molecule has 0 aliphatic carbocycles. The standard InChI is InChI=1S/C15H20N4O/c20-15(17-7-10-19-8-5-16-6-9-19)14-11-12-3-1-2-4-13(12)18-14/h1-4,11,16,18H,5-10H2,(H,17,20). The van der Waals surface area contributed by atoms with Crippen LogP contribution in [0.1, 0.15) is 10.5 Å². The van der Waals surface area contributed by atoms with E-state index in [2.05, 4.69) is 20.5 Å². The Morgan fingerprint density at radius 1 is 1.25 bits per heavy atom. The molecule has 2 heterocycles. The first kappa shape index (κ1) is 13.1. The number of carbonyl (C=O) groups is 1. The molecule has 3 N–H and O–H groups in total. The Morgan fingerprint density at radius 2 is 2.05 bits per heavy atom. The van der Waals surface area contributed by atoms with Gasteiger partial charge >= 0.3 is 0 Å². The molecule has 0 unspecified atom stereocenters. The van der Waals surface area contributed by atoms with Crippen LogP contribution in [0.15, 0.2) is 30.3 Å². The van der Waals surface area contributed by atoms with Crippen molar-refractivity contribution < 1.29 is 4.79 Å². The summed E-state index contributed by atoms with van der Waals surface area (Å²) in [5.41, 5.74) is 1.63. The minimum Gasteiger partial charge on any atom is -0.351 e. The zero-order chi connectivity index (χ0) is 13.8. The van der Waals surface area contributed by atoms with Crippen molar-refractivity contribution in [3.63, 3.8) is 0 Å². The molecule has 1 aromatic carbocycles. The van der Waals surface area contributed by atoms with Crippen molar-refractivity contribution in [2.75, 3.05) is 39.3 Å². The number of H-pyrrole nitrogens is 1. The summed E-state index contributed by atoms with van der Waals surface area (Å²) in [6.45, 7) is 5.79. The summed E-state index contributed by atoms with van der Waals surface area (Å²) < 4.78 is 0. The maximum Gasteiger partial charge on any atom is 0.267 e. The first-order valence-electron chi connectivity index (χ1n) is 7.12. The molecule has 2 aromatic rings. The first-order chi connectivity index (χ1) is 9.83. The largest absolute Gasteiger partial charge is 0.351 e. The van der Waals surface area contributed by atoms with Crippen LogP contribution in [0.5, 0.6) is 0 Å². The predicted molar refractivity (Wildman–Crippen MR) is 79.9 cm³/mol. The number of nitrogens with one attached hydrogen (secondary N) is 3. The van der Waals surface area contributed by atoms with Crippen LogP contribution in [0, 0.1) is 0 Å². The molecule has 1 aliphatic heterocycles. The van der Waals surface area contributed by atoms with E-state index in [4.69, 9.17) is 0 Å². The number of benzene rings is 1. The fourth-order valence-corrected chi connectivity index (χ4v) is 2.55. The number of piperazine rings is 1. The maximum absolute atomic E-state index is 12.1. The SMILES string of the molecule is O=C(NCCN1CCNCC1)c1cc2ccccc2[nH]1. The van der Waals surface area contributed by atoms with Gasteiger partial charge in [-0.1, -0.05) is 18.2 Å². The number of carbonyl (C=O) groups excluding carboxylic acids is 1. The molecular weight excluding hydrogens is 252 g/mol. The average Bonchev–Trinajstić information content (AvgIpc) is 2.92. The van der Waals surface area contributed by atoms with Crippen LogP contribution < -0.4 is 10.6 Å². The molecule has 1 amide bonds. The fraction of sp³-hybridized carbons (Fsp3) is 0.400. The van der Waals surface area contributed by atoms with Gasteiger partial charge in [0.05, 0.1) is 0 Å². The summed E-state index contributed by atoms with van der Waals surface area (Å²) in [4.78, 5) is 17.6. The first-order valence-corrected chi connectivity index (χ1v) is 7.12. The van der Waals surface area contributed by atoms with E-state index >= 15 is 0 Å². The summed E-state index contributed by atoms with van der Waals surface area (Å²) in [6, 6.07) is 9.82. The van der Waals surface area contributed by atoms with Gasteiger partial charge in [-0.2, -0.15) is 0 Å². The van der Waals surface area contributed by atoms with E-state index < -0.39 is 0 Å². The lowest BCUT2D eigenvalue weighted by molar-refractivity contribution is 0.0943. The van der Waals surface area contributed by atoms with Crippen LogP contribution in [-0.2, 0) is 0 Å². The number of hydrogen-bond acceptors (Lipinski definition) is 3. The van der Waals surface area contributed by atoms with Crippen LogP contribution in [0.2, 0.25) is 0 Å². The van der Waals surface area contributed by atoms with E-state index in [1.165, 1.54) is 0 Å². The normalized spacial score (nSPS) is 16.4. The van der Waals surface area contributed by atoms with Gasteiger partial charge in [0.2, 0.25) is 0 Å². The summed E-state index contributed by atoms with van der Waals surface area (Å²) in [5, 5.41) is 7.36. The highest BCUT2D eigenvalue weighted by molar-refractivity contribution is 5.97. The van der Waals surface area contributed by atoms with Crippen LogP contribution in [0.4, 0.5) is 0 Å². The molecule has 5 heteroatoms. The monoisotopic (exact) mass is 272 g/mol. The predicted octanol–water partition coefficient (Wildman–Crippen LogP) is 0.803. The zero-order valence-corrected chi connectivity index (χ0v) is 11.5. The summed E-state index contributed by atoms with van der Waals surface area (Å²) in [6.07, 6.45) is 0. The van der Waals surface area contributed by atoms with Gasteiger partial charge in [0, 0.05) is 50.2 Å². The van der Waals surface area contributed by atoms with E-state index in [1.807, 2.05) is 30.3 Å². The van der Waals surface area contributed by atoms with Gasteiger partial charge in [-0.15, -0.1) is 0 Å². The lowest BCUT2D eigenvalue weighted by atomic mass is 10.2.